The van der Waals surface area contributed by atoms with E-state index in [0.717, 1.165) is 25.1 Å². The van der Waals surface area contributed by atoms with Gasteiger partial charge in [0.15, 0.2) is 0 Å². The summed E-state index contributed by atoms with van der Waals surface area (Å²) in [4.78, 5) is 10.3. The maximum atomic E-state index is 10.3. The molecule has 0 aromatic heterocycles. The van der Waals surface area contributed by atoms with Crippen LogP contribution in [-0.2, 0) is 17.8 Å². The van der Waals surface area contributed by atoms with Gasteiger partial charge in [-0.25, -0.2) is 0 Å². The van der Waals surface area contributed by atoms with Crippen LogP contribution in [0.1, 0.15) is 23.1 Å². The third kappa shape index (κ3) is 2.62. The molecular formula is C13H13NO2. The van der Waals surface area contributed by atoms with Crippen molar-refractivity contribution in [3.8, 4) is 11.8 Å². The second-order valence-electron chi connectivity index (χ2n) is 3.78. The zero-order chi connectivity index (χ0) is 11.4. The number of aliphatic carboxylic acids is 1. The minimum atomic E-state index is -0.880. The van der Waals surface area contributed by atoms with E-state index in [2.05, 4.69) is 29.3 Å². The Morgan fingerprint density at radius 3 is 3.12 bits per heavy atom. The number of carboxylic acids is 1. The van der Waals surface area contributed by atoms with Crippen molar-refractivity contribution >= 4 is 5.97 Å². The van der Waals surface area contributed by atoms with E-state index in [9.17, 15) is 4.79 Å². The first-order valence-electron chi connectivity index (χ1n) is 5.29. The number of nitrogens with one attached hydrogen (secondary N) is 1. The molecule has 1 aliphatic heterocycles. The average Bonchev–Trinajstić information content (AvgIpc) is 2.28. The first-order valence-corrected chi connectivity index (χ1v) is 5.29. The van der Waals surface area contributed by atoms with Crippen molar-refractivity contribution < 1.29 is 9.90 Å². The second-order valence-corrected chi connectivity index (χ2v) is 3.78. The van der Waals surface area contributed by atoms with Gasteiger partial charge in [-0.05, 0) is 36.2 Å². The average molecular weight is 215 g/mol. The van der Waals surface area contributed by atoms with E-state index in [-0.39, 0.29) is 6.42 Å². The van der Waals surface area contributed by atoms with Gasteiger partial charge in [-0.15, -0.1) is 0 Å². The summed E-state index contributed by atoms with van der Waals surface area (Å²) in [7, 11) is 0. The zero-order valence-electron chi connectivity index (χ0n) is 8.92. The van der Waals surface area contributed by atoms with Crippen LogP contribution in [0.25, 0.3) is 0 Å². The highest BCUT2D eigenvalue weighted by atomic mass is 16.4. The lowest BCUT2D eigenvalue weighted by Crippen LogP contribution is -2.23. The molecule has 0 bridgehead atoms. The zero-order valence-corrected chi connectivity index (χ0v) is 8.92. The van der Waals surface area contributed by atoms with E-state index in [1.165, 1.54) is 11.1 Å². The summed E-state index contributed by atoms with van der Waals surface area (Å²) < 4.78 is 0. The monoisotopic (exact) mass is 215 g/mol. The number of hydrogen-bond donors (Lipinski definition) is 2. The van der Waals surface area contributed by atoms with E-state index < -0.39 is 5.97 Å². The van der Waals surface area contributed by atoms with E-state index in [0.29, 0.717) is 0 Å². The smallest absolute Gasteiger partial charge is 0.315 e. The summed E-state index contributed by atoms with van der Waals surface area (Å²) in [5, 5.41) is 11.8. The van der Waals surface area contributed by atoms with Gasteiger partial charge in [-0.1, -0.05) is 17.9 Å². The highest BCUT2D eigenvalue weighted by Crippen LogP contribution is 2.15. The fraction of sp³-hybridized carbons (Fsp3) is 0.308. The van der Waals surface area contributed by atoms with Gasteiger partial charge in [0.05, 0.1) is 0 Å². The molecule has 0 saturated heterocycles. The van der Waals surface area contributed by atoms with Crippen molar-refractivity contribution in [3.05, 3.63) is 34.9 Å². The van der Waals surface area contributed by atoms with Crippen LogP contribution in [-0.4, -0.2) is 17.6 Å². The third-order valence-electron chi connectivity index (χ3n) is 2.57. The molecule has 0 aliphatic carbocycles. The Hall–Kier alpha value is -1.79. The fourth-order valence-corrected chi connectivity index (χ4v) is 1.78. The Morgan fingerprint density at radius 1 is 1.44 bits per heavy atom. The van der Waals surface area contributed by atoms with Crippen LogP contribution in [0.5, 0.6) is 0 Å². The van der Waals surface area contributed by atoms with Gasteiger partial charge in [0, 0.05) is 12.1 Å². The van der Waals surface area contributed by atoms with Gasteiger partial charge in [-0.3, -0.25) is 4.79 Å². The molecule has 1 heterocycles. The molecular weight excluding hydrogens is 202 g/mol. The fourth-order valence-electron chi connectivity index (χ4n) is 1.78. The molecule has 0 amide bonds. The van der Waals surface area contributed by atoms with E-state index in [1.54, 1.807) is 0 Å². The summed E-state index contributed by atoms with van der Waals surface area (Å²) in [6, 6.07) is 6.07. The lowest BCUT2D eigenvalue weighted by Gasteiger charge is -2.16. The molecule has 1 aromatic carbocycles. The van der Waals surface area contributed by atoms with Crippen LogP contribution < -0.4 is 5.32 Å². The van der Waals surface area contributed by atoms with Gasteiger partial charge >= 0.3 is 5.97 Å². The number of fused-ring (bicyclic) bond motifs is 1. The molecule has 2 N–H and O–H groups in total. The van der Waals surface area contributed by atoms with E-state index >= 15 is 0 Å². The van der Waals surface area contributed by atoms with E-state index in [4.69, 9.17) is 5.11 Å². The molecule has 0 fully saturated rings. The summed E-state index contributed by atoms with van der Waals surface area (Å²) >= 11 is 0. The van der Waals surface area contributed by atoms with Crippen molar-refractivity contribution in [2.24, 2.45) is 0 Å². The maximum Gasteiger partial charge on any atom is 0.315 e. The van der Waals surface area contributed by atoms with E-state index in [1.807, 2.05) is 6.07 Å². The number of carbonyl (C=O) groups is 1. The molecule has 0 saturated carbocycles. The Labute approximate surface area is 94.5 Å². The minimum Gasteiger partial charge on any atom is -0.481 e. The molecule has 82 valence electrons. The molecule has 1 aromatic rings. The van der Waals surface area contributed by atoms with Gasteiger partial charge < -0.3 is 10.4 Å². The molecule has 0 spiro atoms. The first kappa shape index (κ1) is 10.7. The molecule has 3 nitrogen and oxygen atoms in total. The molecule has 0 radical (unpaired) electrons. The topological polar surface area (TPSA) is 49.3 Å². The normalized spacial score (nSPS) is 13.5. The largest absolute Gasteiger partial charge is 0.481 e. The molecule has 0 unspecified atom stereocenters. The SMILES string of the molecule is O=C(O)CC#Cc1ccc2c(c1)CCNC2. The number of benzene rings is 1. The molecule has 2 rings (SSSR count). The van der Waals surface area contributed by atoms with Gasteiger partial charge in [-0.2, -0.15) is 0 Å². The van der Waals surface area contributed by atoms with Crippen LogP contribution >= 0.6 is 0 Å². The Morgan fingerprint density at radius 2 is 2.31 bits per heavy atom. The predicted octanol–water partition coefficient (Wildman–Crippen LogP) is 1.16. The summed E-state index contributed by atoms with van der Waals surface area (Å²) in [5.74, 6) is 4.64. The van der Waals surface area contributed by atoms with Crippen LogP contribution in [0.4, 0.5) is 0 Å². The third-order valence-corrected chi connectivity index (χ3v) is 2.57. The Balaban J connectivity index is 2.16. The van der Waals surface area contributed by atoms with Crippen LogP contribution in [0.2, 0.25) is 0 Å². The lowest BCUT2D eigenvalue weighted by atomic mass is 9.98. The second kappa shape index (κ2) is 4.82. The first-order chi connectivity index (χ1) is 7.75. The lowest BCUT2D eigenvalue weighted by molar-refractivity contribution is -0.135. The van der Waals surface area contributed by atoms with Gasteiger partial charge in [0.25, 0.3) is 0 Å². The van der Waals surface area contributed by atoms with Crippen molar-refractivity contribution in [1.82, 2.24) is 5.32 Å². The Bertz CT molecular complexity index is 469. The molecule has 1 aliphatic rings. The van der Waals surface area contributed by atoms with Crippen molar-refractivity contribution in [1.29, 1.82) is 0 Å². The van der Waals surface area contributed by atoms with Crippen molar-refractivity contribution in [2.45, 2.75) is 19.4 Å². The van der Waals surface area contributed by atoms with Crippen LogP contribution in [0, 0.1) is 11.8 Å². The highest BCUT2D eigenvalue weighted by Gasteiger charge is 2.07. The minimum absolute atomic E-state index is 0.0986. The number of hydrogen-bond acceptors (Lipinski definition) is 2. The van der Waals surface area contributed by atoms with Crippen molar-refractivity contribution in [3.63, 3.8) is 0 Å². The standard InChI is InChI=1S/C13H13NO2/c15-13(16)3-1-2-10-4-5-12-9-14-7-6-11(12)8-10/h4-5,8,14H,3,6-7,9H2,(H,15,16). The van der Waals surface area contributed by atoms with Crippen molar-refractivity contribution in [2.75, 3.05) is 6.54 Å². The maximum absolute atomic E-state index is 10.3. The molecule has 16 heavy (non-hydrogen) atoms. The van der Waals surface area contributed by atoms with Gasteiger partial charge in [0.1, 0.15) is 6.42 Å². The number of rotatable bonds is 1. The molecule has 0 atom stereocenters. The highest BCUT2D eigenvalue weighted by molar-refractivity contribution is 5.70. The quantitative estimate of drug-likeness (QED) is 0.691. The predicted molar refractivity (Wildman–Crippen MR) is 61.0 cm³/mol. The summed E-state index contributed by atoms with van der Waals surface area (Å²) in [6.45, 7) is 1.91. The Kier molecular flexibility index (Phi) is 3.23. The van der Waals surface area contributed by atoms with Crippen LogP contribution in [0.15, 0.2) is 18.2 Å². The van der Waals surface area contributed by atoms with Crippen LogP contribution in [0.3, 0.4) is 0 Å². The molecule has 3 heteroatoms. The van der Waals surface area contributed by atoms with Gasteiger partial charge in [0.2, 0.25) is 0 Å². The summed E-state index contributed by atoms with van der Waals surface area (Å²) in [5.41, 5.74) is 3.54. The summed E-state index contributed by atoms with van der Waals surface area (Å²) in [6.07, 6.45) is 0.919. The number of carboxylic acid groups (broad SMARTS) is 1.